The van der Waals surface area contributed by atoms with Crippen molar-refractivity contribution in [2.75, 3.05) is 6.61 Å². The molecular formula is C11H9ClF2O4. The summed E-state index contributed by atoms with van der Waals surface area (Å²) in [4.78, 5) is 22.3. The number of halogens is 3. The lowest BCUT2D eigenvalue weighted by Crippen LogP contribution is -2.12. The van der Waals surface area contributed by atoms with Gasteiger partial charge in [-0.3, -0.25) is 4.79 Å². The molecular weight excluding hydrogens is 270 g/mol. The fraction of sp³-hybridized carbons (Fsp3) is 0.273. The molecule has 7 heteroatoms. The van der Waals surface area contributed by atoms with Crippen LogP contribution in [0.5, 0.6) is 5.75 Å². The second-order valence-corrected chi connectivity index (χ2v) is 3.52. The first-order valence-corrected chi connectivity index (χ1v) is 5.28. The standard InChI is InChI=1S/C11H9ClF2O4/c1-2-17-10(16)8-4-7(12)3-6(5-15)9(8)18-11(13)14/h3-5,11H,2H2,1H3. The van der Waals surface area contributed by atoms with Gasteiger partial charge in [0, 0.05) is 5.02 Å². The van der Waals surface area contributed by atoms with E-state index < -0.39 is 18.3 Å². The van der Waals surface area contributed by atoms with Gasteiger partial charge in [0.2, 0.25) is 0 Å². The average molecular weight is 279 g/mol. The van der Waals surface area contributed by atoms with E-state index in [0.29, 0.717) is 0 Å². The van der Waals surface area contributed by atoms with Crippen LogP contribution in [-0.2, 0) is 4.74 Å². The van der Waals surface area contributed by atoms with Gasteiger partial charge in [-0.05, 0) is 19.1 Å². The Morgan fingerprint density at radius 3 is 2.67 bits per heavy atom. The average Bonchev–Trinajstić information content (AvgIpc) is 2.30. The SMILES string of the molecule is CCOC(=O)c1cc(Cl)cc(C=O)c1OC(F)F. The molecule has 0 saturated carbocycles. The van der Waals surface area contributed by atoms with Crippen LogP contribution >= 0.6 is 11.6 Å². The molecule has 0 bridgehead atoms. The zero-order valence-corrected chi connectivity index (χ0v) is 10.0. The molecule has 1 aromatic rings. The van der Waals surface area contributed by atoms with Gasteiger partial charge in [-0.2, -0.15) is 8.78 Å². The number of carbonyl (C=O) groups excluding carboxylic acids is 2. The summed E-state index contributed by atoms with van der Waals surface area (Å²) in [6.07, 6.45) is 0.270. The van der Waals surface area contributed by atoms with E-state index in [9.17, 15) is 18.4 Å². The molecule has 0 radical (unpaired) electrons. The number of rotatable bonds is 5. The third kappa shape index (κ3) is 3.40. The molecule has 1 aromatic carbocycles. The summed E-state index contributed by atoms with van der Waals surface area (Å²) in [5, 5.41) is 0.0433. The first kappa shape index (κ1) is 14.4. The molecule has 0 saturated heterocycles. The van der Waals surface area contributed by atoms with Crippen LogP contribution in [0.2, 0.25) is 5.02 Å². The lowest BCUT2D eigenvalue weighted by molar-refractivity contribution is -0.0506. The molecule has 0 heterocycles. The van der Waals surface area contributed by atoms with E-state index in [1.165, 1.54) is 0 Å². The van der Waals surface area contributed by atoms with Crippen molar-refractivity contribution in [2.24, 2.45) is 0 Å². The third-order valence-corrected chi connectivity index (χ3v) is 2.13. The minimum absolute atomic E-state index is 0.0433. The van der Waals surface area contributed by atoms with Gasteiger partial charge in [0.1, 0.15) is 5.56 Å². The van der Waals surface area contributed by atoms with E-state index in [1.807, 2.05) is 0 Å². The minimum atomic E-state index is -3.17. The number of alkyl halides is 2. The number of hydrogen-bond donors (Lipinski definition) is 0. The number of aldehydes is 1. The second-order valence-electron chi connectivity index (χ2n) is 3.09. The Labute approximate surface area is 106 Å². The monoisotopic (exact) mass is 278 g/mol. The molecule has 0 spiro atoms. The molecule has 0 N–H and O–H groups in total. The summed E-state index contributed by atoms with van der Waals surface area (Å²) in [5.74, 6) is -1.43. The largest absolute Gasteiger partial charge is 0.462 e. The summed E-state index contributed by atoms with van der Waals surface area (Å²) in [6, 6.07) is 2.22. The molecule has 0 aromatic heterocycles. The molecule has 4 nitrogen and oxygen atoms in total. The van der Waals surface area contributed by atoms with Crippen molar-refractivity contribution in [1.29, 1.82) is 0 Å². The first-order chi connectivity index (χ1) is 8.49. The summed E-state index contributed by atoms with van der Waals surface area (Å²) in [6.45, 7) is -1.56. The number of benzene rings is 1. The van der Waals surface area contributed by atoms with Crippen LogP contribution in [0.1, 0.15) is 27.6 Å². The van der Waals surface area contributed by atoms with Crippen LogP contribution in [0.25, 0.3) is 0 Å². The highest BCUT2D eigenvalue weighted by Gasteiger charge is 2.21. The smallest absolute Gasteiger partial charge is 0.387 e. The van der Waals surface area contributed by atoms with Gasteiger partial charge in [-0.1, -0.05) is 11.6 Å². The van der Waals surface area contributed by atoms with Crippen molar-refractivity contribution in [1.82, 2.24) is 0 Å². The van der Waals surface area contributed by atoms with Crippen molar-refractivity contribution < 1.29 is 27.8 Å². The maximum atomic E-state index is 12.2. The number of esters is 1. The van der Waals surface area contributed by atoms with Gasteiger partial charge in [0.05, 0.1) is 12.2 Å². The van der Waals surface area contributed by atoms with Gasteiger partial charge in [0.25, 0.3) is 0 Å². The van der Waals surface area contributed by atoms with E-state index >= 15 is 0 Å². The highest BCUT2D eigenvalue weighted by atomic mass is 35.5. The van der Waals surface area contributed by atoms with Crippen molar-refractivity contribution in [2.45, 2.75) is 13.5 Å². The Kier molecular flexibility index (Phi) is 5.03. The summed E-state index contributed by atoms with van der Waals surface area (Å²) >= 11 is 5.67. The van der Waals surface area contributed by atoms with Crippen LogP contribution in [-0.4, -0.2) is 25.5 Å². The molecule has 0 aliphatic rings. The van der Waals surface area contributed by atoms with Crippen molar-refractivity contribution in [3.05, 3.63) is 28.3 Å². The summed E-state index contributed by atoms with van der Waals surface area (Å²) < 4.78 is 33.3. The molecule has 98 valence electrons. The summed E-state index contributed by atoms with van der Waals surface area (Å²) in [5.41, 5.74) is -0.558. The fourth-order valence-corrected chi connectivity index (χ4v) is 1.51. The van der Waals surface area contributed by atoms with Gasteiger partial charge in [-0.25, -0.2) is 4.79 Å². The molecule has 0 aliphatic carbocycles. The quantitative estimate of drug-likeness (QED) is 0.614. The topological polar surface area (TPSA) is 52.6 Å². The lowest BCUT2D eigenvalue weighted by atomic mass is 10.1. The van der Waals surface area contributed by atoms with E-state index in [2.05, 4.69) is 9.47 Å². The third-order valence-electron chi connectivity index (χ3n) is 1.91. The van der Waals surface area contributed by atoms with Crippen molar-refractivity contribution >= 4 is 23.9 Å². The Morgan fingerprint density at radius 2 is 2.17 bits per heavy atom. The van der Waals surface area contributed by atoms with Gasteiger partial charge < -0.3 is 9.47 Å². The second kappa shape index (κ2) is 6.30. The van der Waals surface area contributed by atoms with Crippen LogP contribution in [0, 0.1) is 0 Å². The number of carbonyl (C=O) groups is 2. The van der Waals surface area contributed by atoms with Crippen LogP contribution in [0.3, 0.4) is 0 Å². The van der Waals surface area contributed by atoms with E-state index in [0.717, 1.165) is 12.1 Å². The normalized spacial score (nSPS) is 10.3. The Morgan fingerprint density at radius 1 is 1.50 bits per heavy atom. The van der Waals surface area contributed by atoms with Crippen LogP contribution in [0.4, 0.5) is 8.78 Å². The Balaban J connectivity index is 3.31. The highest BCUT2D eigenvalue weighted by Crippen LogP contribution is 2.29. The van der Waals surface area contributed by atoms with Gasteiger partial charge in [-0.15, -0.1) is 0 Å². The molecule has 0 atom stereocenters. The molecule has 18 heavy (non-hydrogen) atoms. The van der Waals surface area contributed by atoms with Crippen molar-refractivity contribution in [3.8, 4) is 5.75 Å². The van der Waals surface area contributed by atoms with E-state index in [1.54, 1.807) is 6.92 Å². The number of ether oxygens (including phenoxy) is 2. The van der Waals surface area contributed by atoms with Gasteiger partial charge in [0.15, 0.2) is 12.0 Å². The Bertz CT molecular complexity index is 463. The molecule has 0 fully saturated rings. The zero-order chi connectivity index (χ0) is 13.7. The molecule has 1 rings (SSSR count). The minimum Gasteiger partial charge on any atom is -0.462 e. The first-order valence-electron chi connectivity index (χ1n) is 4.90. The zero-order valence-electron chi connectivity index (χ0n) is 9.28. The maximum absolute atomic E-state index is 12.2. The lowest BCUT2D eigenvalue weighted by Gasteiger charge is -2.12. The van der Waals surface area contributed by atoms with Gasteiger partial charge >= 0.3 is 12.6 Å². The van der Waals surface area contributed by atoms with Crippen LogP contribution in [0.15, 0.2) is 12.1 Å². The molecule has 0 aliphatic heterocycles. The predicted octanol–water partition coefficient (Wildman–Crippen LogP) is 2.93. The van der Waals surface area contributed by atoms with Crippen LogP contribution < -0.4 is 4.74 Å². The highest BCUT2D eigenvalue weighted by molar-refractivity contribution is 6.31. The Hall–Kier alpha value is -1.69. The van der Waals surface area contributed by atoms with E-state index in [4.69, 9.17) is 11.6 Å². The predicted molar refractivity (Wildman–Crippen MR) is 59.4 cm³/mol. The number of hydrogen-bond acceptors (Lipinski definition) is 4. The summed E-state index contributed by atoms with van der Waals surface area (Å²) in [7, 11) is 0. The van der Waals surface area contributed by atoms with Crippen molar-refractivity contribution in [3.63, 3.8) is 0 Å². The molecule has 0 unspecified atom stereocenters. The molecule has 0 amide bonds. The van der Waals surface area contributed by atoms with E-state index in [-0.39, 0.29) is 29.0 Å². The fourth-order valence-electron chi connectivity index (χ4n) is 1.28. The maximum Gasteiger partial charge on any atom is 0.387 e.